The van der Waals surface area contributed by atoms with E-state index in [0.29, 0.717) is 0 Å². The lowest BCUT2D eigenvalue weighted by Gasteiger charge is -2.24. The number of hydrogen-bond acceptors (Lipinski definition) is 5. The maximum absolute atomic E-state index is 5.24. The molecule has 1 heterocycles. The van der Waals surface area contributed by atoms with Crippen molar-refractivity contribution < 1.29 is 4.74 Å². The highest BCUT2D eigenvalue weighted by Gasteiger charge is 2.08. The molecule has 18 heavy (non-hydrogen) atoms. The normalized spacial score (nSPS) is 17.0. The Bertz CT molecular complexity index is 384. The summed E-state index contributed by atoms with van der Waals surface area (Å²) >= 11 is 0. The van der Waals surface area contributed by atoms with Gasteiger partial charge in [-0.1, -0.05) is 5.22 Å². The van der Waals surface area contributed by atoms with Crippen LogP contribution in [-0.4, -0.2) is 45.4 Å². The molecule has 98 valence electrons. The van der Waals surface area contributed by atoms with Crippen LogP contribution in [0.1, 0.15) is 0 Å². The highest BCUT2D eigenvalue weighted by atomic mass is 16.5. The monoisotopic (exact) mass is 249 g/mol. The molecule has 1 fully saturated rings. The van der Waals surface area contributed by atoms with Crippen LogP contribution in [0.15, 0.2) is 34.6 Å². The van der Waals surface area contributed by atoms with Gasteiger partial charge in [0.15, 0.2) is 0 Å². The number of hydrogen-bond donors (Lipinski definition) is 1. The summed E-state index contributed by atoms with van der Waals surface area (Å²) < 4.78 is 5.24. The first-order valence-corrected chi connectivity index (χ1v) is 6.02. The minimum Gasteiger partial charge on any atom is -0.379 e. The summed E-state index contributed by atoms with van der Waals surface area (Å²) in [6, 6.07) is 7.92. The van der Waals surface area contributed by atoms with Crippen molar-refractivity contribution in [3.63, 3.8) is 0 Å². The lowest BCUT2D eigenvalue weighted by Crippen LogP contribution is -2.43. The molecule has 0 radical (unpaired) electrons. The predicted molar refractivity (Wildman–Crippen MR) is 70.8 cm³/mol. The van der Waals surface area contributed by atoms with Crippen LogP contribution in [0, 0.1) is 0 Å². The molecule has 1 N–H and O–H groups in total. The number of nitrogens with one attached hydrogen (secondary N) is 1. The zero-order valence-corrected chi connectivity index (χ0v) is 10.8. The summed E-state index contributed by atoms with van der Waals surface area (Å²) in [7, 11) is 4.02. The number of hydrazine groups is 1. The van der Waals surface area contributed by atoms with Gasteiger partial charge in [-0.2, -0.15) is 0 Å². The number of rotatable bonds is 4. The maximum atomic E-state index is 5.24. The van der Waals surface area contributed by atoms with E-state index >= 15 is 0 Å². The van der Waals surface area contributed by atoms with E-state index in [4.69, 9.17) is 4.74 Å². The molecule has 0 atom stereocenters. The Hall–Kier alpha value is -1.66. The Labute approximate surface area is 107 Å². The third kappa shape index (κ3) is 3.68. The highest BCUT2D eigenvalue weighted by molar-refractivity contribution is 5.51. The lowest BCUT2D eigenvalue weighted by atomic mass is 10.3. The molecule has 0 spiro atoms. The number of morpholine rings is 1. The Morgan fingerprint density at radius 3 is 2.44 bits per heavy atom. The van der Waals surface area contributed by atoms with Crippen molar-refractivity contribution in [1.82, 2.24) is 10.5 Å². The first-order valence-electron chi connectivity index (χ1n) is 6.02. The zero-order valence-electron chi connectivity index (χ0n) is 10.8. The molecule has 1 aliphatic heterocycles. The molecule has 6 nitrogen and oxygen atoms in total. The molecular weight excluding hydrogens is 230 g/mol. The molecule has 0 bridgehead atoms. The second-order valence-corrected chi connectivity index (χ2v) is 4.31. The highest BCUT2D eigenvalue weighted by Crippen LogP contribution is 2.17. The molecule has 1 saturated heterocycles. The van der Waals surface area contributed by atoms with E-state index in [2.05, 4.69) is 15.9 Å². The Kier molecular flexibility index (Phi) is 4.49. The Balaban J connectivity index is 1.84. The molecular formula is C12H19N5O. The fourth-order valence-electron chi connectivity index (χ4n) is 1.62. The van der Waals surface area contributed by atoms with Crippen LogP contribution in [0.25, 0.3) is 0 Å². The average molecular weight is 249 g/mol. The summed E-state index contributed by atoms with van der Waals surface area (Å²) in [5.41, 5.74) is 4.89. The fourth-order valence-corrected chi connectivity index (χ4v) is 1.62. The molecule has 1 aromatic rings. The topological polar surface area (TPSA) is 52.5 Å². The first-order chi connectivity index (χ1) is 8.75. The van der Waals surface area contributed by atoms with Crippen LogP contribution >= 0.6 is 0 Å². The molecule has 2 rings (SSSR count). The third-order valence-electron chi connectivity index (χ3n) is 2.73. The van der Waals surface area contributed by atoms with Gasteiger partial charge in [0, 0.05) is 32.9 Å². The standard InChI is InChI=1S/C12H19N5O/c1-16(2)12-5-3-11(4-6-12)13-14-15-17-7-9-18-10-8-17/h3-6H,7-10H2,1-2H3,(H,13,15). The first kappa shape index (κ1) is 12.8. The number of ether oxygens (including phenoxy) is 1. The summed E-state index contributed by atoms with van der Waals surface area (Å²) in [5, 5.41) is 10.1. The van der Waals surface area contributed by atoms with Crippen molar-refractivity contribution in [3.05, 3.63) is 24.3 Å². The van der Waals surface area contributed by atoms with Crippen LogP contribution in [0.4, 0.5) is 11.4 Å². The van der Waals surface area contributed by atoms with Crippen molar-refractivity contribution in [2.75, 3.05) is 45.3 Å². The van der Waals surface area contributed by atoms with Crippen molar-refractivity contribution >= 4 is 11.4 Å². The van der Waals surface area contributed by atoms with Gasteiger partial charge in [-0.05, 0) is 24.3 Å². The zero-order chi connectivity index (χ0) is 12.8. The van der Waals surface area contributed by atoms with E-state index in [-0.39, 0.29) is 0 Å². The van der Waals surface area contributed by atoms with Crippen LogP contribution in [-0.2, 0) is 4.74 Å². The van der Waals surface area contributed by atoms with Crippen molar-refractivity contribution in [2.24, 2.45) is 10.3 Å². The van der Waals surface area contributed by atoms with Gasteiger partial charge < -0.3 is 9.64 Å². The summed E-state index contributed by atoms with van der Waals surface area (Å²) in [5.74, 6) is 0. The van der Waals surface area contributed by atoms with E-state index in [9.17, 15) is 0 Å². The summed E-state index contributed by atoms with van der Waals surface area (Å²) in [6.07, 6.45) is 0. The minimum absolute atomic E-state index is 0.736. The molecule has 0 unspecified atom stereocenters. The van der Waals surface area contributed by atoms with Gasteiger partial charge >= 0.3 is 0 Å². The number of nitrogens with zero attached hydrogens (tertiary/aromatic N) is 4. The molecule has 0 amide bonds. The van der Waals surface area contributed by atoms with Gasteiger partial charge in [0.25, 0.3) is 0 Å². The second kappa shape index (κ2) is 6.32. The smallest absolute Gasteiger partial charge is 0.0876 e. The predicted octanol–water partition coefficient (Wildman–Crippen LogP) is 1.59. The molecule has 1 aromatic carbocycles. The van der Waals surface area contributed by atoms with Crippen molar-refractivity contribution in [3.8, 4) is 0 Å². The van der Waals surface area contributed by atoms with Crippen molar-refractivity contribution in [2.45, 2.75) is 0 Å². The van der Waals surface area contributed by atoms with E-state index in [0.717, 1.165) is 37.7 Å². The Morgan fingerprint density at radius 1 is 1.17 bits per heavy atom. The fraction of sp³-hybridized carbons (Fsp3) is 0.500. The molecule has 6 heteroatoms. The maximum Gasteiger partial charge on any atom is 0.0876 e. The summed E-state index contributed by atoms with van der Waals surface area (Å²) in [6.45, 7) is 3.14. The average Bonchev–Trinajstić information content (AvgIpc) is 2.40. The number of anilines is 1. The van der Waals surface area contributed by atoms with Gasteiger partial charge in [-0.15, -0.1) is 5.11 Å². The van der Waals surface area contributed by atoms with Crippen LogP contribution in [0.3, 0.4) is 0 Å². The minimum atomic E-state index is 0.736. The molecule has 0 aromatic heterocycles. The molecule has 0 aliphatic carbocycles. The van der Waals surface area contributed by atoms with Gasteiger partial charge in [0.2, 0.25) is 0 Å². The van der Waals surface area contributed by atoms with Crippen LogP contribution in [0.5, 0.6) is 0 Å². The Morgan fingerprint density at radius 2 is 1.83 bits per heavy atom. The summed E-state index contributed by atoms with van der Waals surface area (Å²) in [4.78, 5) is 2.05. The van der Waals surface area contributed by atoms with E-state index < -0.39 is 0 Å². The quantitative estimate of drug-likeness (QED) is 0.650. The van der Waals surface area contributed by atoms with Crippen molar-refractivity contribution in [1.29, 1.82) is 0 Å². The number of benzene rings is 1. The molecule has 1 aliphatic rings. The van der Waals surface area contributed by atoms with Crippen LogP contribution in [0.2, 0.25) is 0 Å². The largest absolute Gasteiger partial charge is 0.379 e. The van der Waals surface area contributed by atoms with E-state index in [1.54, 1.807) is 0 Å². The van der Waals surface area contributed by atoms with Gasteiger partial charge in [-0.25, -0.2) is 10.5 Å². The lowest BCUT2D eigenvalue weighted by molar-refractivity contribution is 0.0110. The van der Waals surface area contributed by atoms with Crippen LogP contribution < -0.4 is 10.4 Å². The van der Waals surface area contributed by atoms with E-state index in [1.807, 2.05) is 48.3 Å². The third-order valence-corrected chi connectivity index (χ3v) is 2.73. The SMILES string of the molecule is CN(C)c1ccc(N=NNN2CCOCC2)cc1. The molecule has 0 saturated carbocycles. The van der Waals surface area contributed by atoms with Gasteiger partial charge in [0.1, 0.15) is 0 Å². The van der Waals surface area contributed by atoms with Gasteiger partial charge in [0.05, 0.1) is 18.9 Å². The second-order valence-electron chi connectivity index (χ2n) is 4.31. The van der Waals surface area contributed by atoms with Gasteiger partial charge in [-0.3, -0.25) is 0 Å². The van der Waals surface area contributed by atoms with E-state index in [1.165, 1.54) is 0 Å².